The molecule has 0 spiro atoms. The van der Waals surface area contributed by atoms with Crippen molar-refractivity contribution in [2.45, 2.75) is 25.9 Å². The topological polar surface area (TPSA) is 74.0 Å². The molecule has 0 radical (unpaired) electrons. The minimum atomic E-state index is -0.141. The second-order valence-electron chi connectivity index (χ2n) is 6.09. The van der Waals surface area contributed by atoms with Gasteiger partial charge in [0.25, 0.3) is 5.91 Å². The molecule has 7 heteroatoms. The average Bonchev–Trinajstić information content (AvgIpc) is 3.11. The predicted molar refractivity (Wildman–Crippen MR) is 84.9 cm³/mol. The van der Waals surface area contributed by atoms with E-state index in [9.17, 15) is 4.79 Å². The van der Waals surface area contributed by atoms with Gasteiger partial charge in [-0.2, -0.15) is 5.10 Å². The summed E-state index contributed by atoms with van der Waals surface area (Å²) in [5.74, 6) is 0.995. The molecule has 124 valence electrons. The highest BCUT2D eigenvalue weighted by atomic mass is 16.5. The summed E-state index contributed by atoms with van der Waals surface area (Å²) in [5, 5.41) is 7.20. The lowest BCUT2D eigenvalue weighted by Gasteiger charge is -2.31. The van der Waals surface area contributed by atoms with E-state index in [0.717, 1.165) is 31.0 Å². The van der Waals surface area contributed by atoms with Crippen LogP contribution in [0, 0.1) is 12.8 Å². The Morgan fingerprint density at radius 1 is 1.48 bits per heavy atom. The third-order valence-electron chi connectivity index (χ3n) is 4.43. The molecule has 1 amide bonds. The Balaban J connectivity index is 1.65. The van der Waals surface area contributed by atoms with Crippen molar-refractivity contribution >= 4 is 5.91 Å². The van der Waals surface area contributed by atoms with Crippen molar-refractivity contribution in [2.75, 3.05) is 13.2 Å². The lowest BCUT2D eigenvalue weighted by atomic mass is 9.93. The summed E-state index contributed by atoms with van der Waals surface area (Å²) in [4.78, 5) is 16.7. The molecule has 3 rings (SSSR count). The SMILES string of the molecule is Cc1cc(C(=O)NC[C@@H]2CCCO[C@H]2c2nccn2C)nn1C. The van der Waals surface area contributed by atoms with Gasteiger partial charge in [0.2, 0.25) is 0 Å². The van der Waals surface area contributed by atoms with E-state index in [1.807, 2.05) is 31.8 Å². The highest BCUT2D eigenvalue weighted by Gasteiger charge is 2.30. The van der Waals surface area contributed by atoms with E-state index in [2.05, 4.69) is 15.4 Å². The van der Waals surface area contributed by atoms with Gasteiger partial charge in [0.05, 0.1) is 0 Å². The maximum Gasteiger partial charge on any atom is 0.271 e. The largest absolute Gasteiger partial charge is 0.370 e. The number of hydrogen-bond donors (Lipinski definition) is 1. The van der Waals surface area contributed by atoms with Crippen LogP contribution in [0.4, 0.5) is 0 Å². The third kappa shape index (κ3) is 3.29. The van der Waals surface area contributed by atoms with Gasteiger partial charge in [-0.15, -0.1) is 0 Å². The smallest absolute Gasteiger partial charge is 0.271 e. The van der Waals surface area contributed by atoms with Crippen molar-refractivity contribution in [1.29, 1.82) is 0 Å². The molecular formula is C16H23N5O2. The van der Waals surface area contributed by atoms with Gasteiger partial charge in [-0.1, -0.05) is 0 Å². The van der Waals surface area contributed by atoms with Crippen molar-refractivity contribution in [3.05, 3.63) is 35.7 Å². The molecule has 1 aliphatic heterocycles. The molecule has 1 saturated heterocycles. The second-order valence-corrected chi connectivity index (χ2v) is 6.09. The van der Waals surface area contributed by atoms with E-state index in [1.165, 1.54) is 0 Å². The third-order valence-corrected chi connectivity index (χ3v) is 4.43. The van der Waals surface area contributed by atoms with E-state index in [-0.39, 0.29) is 17.9 Å². The number of carbonyl (C=O) groups is 1. The molecule has 0 bridgehead atoms. The molecule has 1 N–H and O–H groups in total. The molecular weight excluding hydrogens is 294 g/mol. The number of nitrogens with one attached hydrogen (secondary N) is 1. The number of ether oxygens (including phenoxy) is 1. The van der Waals surface area contributed by atoms with Gasteiger partial charge in [-0.05, 0) is 25.8 Å². The Labute approximate surface area is 135 Å². The van der Waals surface area contributed by atoms with Crippen molar-refractivity contribution in [3.63, 3.8) is 0 Å². The lowest BCUT2D eigenvalue weighted by Crippen LogP contribution is -2.36. The van der Waals surface area contributed by atoms with Crippen LogP contribution in [0.2, 0.25) is 0 Å². The zero-order valence-corrected chi connectivity index (χ0v) is 13.8. The maximum atomic E-state index is 12.3. The van der Waals surface area contributed by atoms with Crippen LogP contribution in [0.15, 0.2) is 18.5 Å². The number of aryl methyl sites for hydroxylation is 3. The van der Waals surface area contributed by atoms with Crippen LogP contribution in [0.25, 0.3) is 0 Å². The summed E-state index contributed by atoms with van der Waals surface area (Å²) in [6, 6.07) is 1.79. The van der Waals surface area contributed by atoms with E-state index in [0.29, 0.717) is 12.2 Å². The van der Waals surface area contributed by atoms with Gasteiger partial charge >= 0.3 is 0 Å². The number of amides is 1. The second kappa shape index (κ2) is 6.54. The fourth-order valence-corrected chi connectivity index (χ4v) is 2.97. The van der Waals surface area contributed by atoms with Crippen LogP contribution in [0.3, 0.4) is 0 Å². The molecule has 0 aromatic carbocycles. The van der Waals surface area contributed by atoms with Crippen LogP contribution >= 0.6 is 0 Å². The molecule has 0 saturated carbocycles. The summed E-state index contributed by atoms with van der Waals surface area (Å²) in [5.41, 5.74) is 1.41. The van der Waals surface area contributed by atoms with Gasteiger partial charge in [-0.25, -0.2) is 4.98 Å². The van der Waals surface area contributed by atoms with E-state index in [1.54, 1.807) is 16.9 Å². The fraction of sp³-hybridized carbons (Fsp3) is 0.562. The predicted octanol–water partition coefficient (Wildman–Crippen LogP) is 1.36. The van der Waals surface area contributed by atoms with Crippen molar-refractivity contribution in [1.82, 2.24) is 24.6 Å². The quantitative estimate of drug-likeness (QED) is 0.924. The molecule has 23 heavy (non-hydrogen) atoms. The highest BCUT2D eigenvalue weighted by molar-refractivity contribution is 5.92. The van der Waals surface area contributed by atoms with Gasteiger partial charge in [0.1, 0.15) is 17.6 Å². The van der Waals surface area contributed by atoms with Gasteiger partial charge in [0, 0.05) is 51.3 Å². The summed E-state index contributed by atoms with van der Waals surface area (Å²) in [6.45, 7) is 3.23. The monoisotopic (exact) mass is 317 g/mol. The number of rotatable bonds is 4. The Morgan fingerprint density at radius 3 is 2.96 bits per heavy atom. The van der Waals surface area contributed by atoms with Crippen LogP contribution in [-0.2, 0) is 18.8 Å². The first kappa shape index (κ1) is 15.7. The minimum Gasteiger partial charge on any atom is -0.370 e. The average molecular weight is 317 g/mol. The maximum absolute atomic E-state index is 12.3. The summed E-state index contributed by atoms with van der Waals surface area (Å²) in [6.07, 6.45) is 5.64. The molecule has 1 aliphatic rings. The lowest BCUT2D eigenvalue weighted by molar-refractivity contribution is -0.0337. The molecule has 2 aromatic rings. The van der Waals surface area contributed by atoms with E-state index < -0.39 is 0 Å². The first-order valence-corrected chi connectivity index (χ1v) is 7.94. The van der Waals surface area contributed by atoms with E-state index in [4.69, 9.17) is 4.74 Å². The van der Waals surface area contributed by atoms with Gasteiger partial charge < -0.3 is 14.6 Å². The molecule has 0 aliphatic carbocycles. The van der Waals surface area contributed by atoms with Crippen molar-refractivity contribution in [2.24, 2.45) is 20.0 Å². The molecule has 3 heterocycles. The van der Waals surface area contributed by atoms with Gasteiger partial charge in [-0.3, -0.25) is 9.48 Å². The first-order valence-electron chi connectivity index (χ1n) is 7.94. The molecule has 2 atom stereocenters. The number of aromatic nitrogens is 4. The number of carbonyl (C=O) groups excluding carboxylic acids is 1. The van der Waals surface area contributed by atoms with E-state index >= 15 is 0 Å². The molecule has 2 aromatic heterocycles. The number of nitrogens with zero attached hydrogens (tertiary/aromatic N) is 4. The van der Waals surface area contributed by atoms with Crippen LogP contribution in [0.1, 0.15) is 41.0 Å². The molecule has 1 fully saturated rings. The standard InChI is InChI=1S/C16H23N5O2/c1-11-9-13(19-21(11)3)16(22)18-10-12-5-4-8-23-14(12)15-17-6-7-20(15)2/h6-7,9,12,14H,4-5,8,10H2,1-3H3,(H,18,22)/t12-,14+/m0/s1. The van der Waals surface area contributed by atoms with Crippen LogP contribution in [0.5, 0.6) is 0 Å². The van der Waals surface area contributed by atoms with Crippen LogP contribution < -0.4 is 5.32 Å². The first-order chi connectivity index (χ1) is 11.1. The number of hydrogen-bond acceptors (Lipinski definition) is 4. The van der Waals surface area contributed by atoms with Crippen molar-refractivity contribution < 1.29 is 9.53 Å². The Hall–Kier alpha value is -2.15. The minimum absolute atomic E-state index is 0.0745. The molecule has 0 unspecified atom stereocenters. The fourth-order valence-electron chi connectivity index (χ4n) is 2.97. The number of imidazole rings is 1. The summed E-state index contributed by atoms with van der Waals surface area (Å²) in [7, 11) is 3.80. The summed E-state index contributed by atoms with van der Waals surface area (Å²) < 4.78 is 9.61. The Kier molecular flexibility index (Phi) is 4.47. The normalized spacial score (nSPS) is 21.3. The zero-order valence-electron chi connectivity index (χ0n) is 13.8. The molecule has 7 nitrogen and oxygen atoms in total. The van der Waals surface area contributed by atoms with Gasteiger partial charge in [0.15, 0.2) is 0 Å². The van der Waals surface area contributed by atoms with Crippen molar-refractivity contribution in [3.8, 4) is 0 Å². The zero-order chi connectivity index (χ0) is 16.4. The Bertz CT molecular complexity index is 671. The highest BCUT2D eigenvalue weighted by Crippen LogP contribution is 2.32. The van der Waals surface area contributed by atoms with Crippen LogP contribution in [-0.4, -0.2) is 38.4 Å². The summed E-state index contributed by atoms with van der Waals surface area (Å²) >= 11 is 0. The Morgan fingerprint density at radius 2 is 2.30 bits per heavy atom.